The van der Waals surface area contributed by atoms with Crippen LogP contribution in [0.25, 0.3) is 0 Å². The van der Waals surface area contributed by atoms with Crippen LogP contribution in [0, 0.1) is 5.92 Å². The standard InChI is InChI=1S/C12H20F2N2O3/c1-3-9(12(15)18)16-7-8(5-10(13)14)6-11(17)19-4-2/h5,8-9,16H,3-4,6-7H2,1-2H3,(H2,15,18)/t8-,9-/m0/s1. The van der Waals surface area contributed by atoms with E-state index >= 15 is 0 Å². The maximum atomic E-state index is 12.3. The molecule has 0 spiro atoms. The minimum atomic E-state index is -1.87. The molecule has 110 valence electrons. The van der Waals surface area contributed by atoms with Crippen molar-refractivity contribution in [3.63, 3.8) is 0 Å². The molecule has 3 N–H and O–H groups in total. The molecule has 2 atom stereocenters. The van der Waals surface area contributed by atoms with E-state index in [1.54, 1.807) is 13.8 Å². The summed E-state index contributed by atoms with van der Waals surface area (Å²) >= 11 is 0. The average Bonchev–Trinajstić information content (AvgIpc) is 2.28. The molecule has 0 fully saturated rings. The fourth-order valence-electron chi connectivity index (χ4n) is 1.54. The van der Waals surface area contributed by atoms with E-state index in [4.69, 9.17) is 10.5 Å². The summed E-state index contributed by atoms with van der Waals surface area (Å²) in [6.45, 7) is 3.63. The molecule has 0 aromatic rings. The van der Waals surface area contributed by atoms with Crippen molar-refractivity contribution in [2.24, 2.45) is 11.7 Å². The van der Waals surface area contributed by atoms with Gasteiger partial charge in [0.05, 0.1) is 19.1 Å². The van der Waals surface area contributed by atoms with Gasteiger partial charge in [-0.3, -0.25) is 9.59 Å². The maximum Gasteiger partial charge on any atom is 0.306 e. The van der Waals surface area contributed by atoms with Gasteiger partial charge in [-0.25, -0.2) is 0 Å². The number of primary amides is 1. The molecule has 19 heavy (non-hydrogen) atoms. The average molecular weight is 278 g/mol. The molecule has 0 saturated carbocycles. The lowest BCUT2D eigenvalue weighted by Crippen LogP contribution is -2.42. The third-order valence-electron chi connectivity index (χ3n) is 2.47. The molecule has 0 bridgehead atoms. The molecular formula is C12H20F2N2O3. The first-order valence-electron chi connectivity index (χ1n) is 6.11. The first-order chi connectivity index (χ1) is 8.90. The van der Waals surface area contributed by atoms with Gasteiger partial charge in [-0.1, -0.05) is 6.92 Å². The number of rotatable bonds is 9. The van der Waals surface area contributed by atoms with Crippen molar-refractivity contribution < 1.29 is 23.1 Å². The van der Waals surface area contributed by atoms with E-state index in [1.165, 1.54) is 0 Å². The predicted molar refractivity (Wildman–Crippen MR) is 66.3 cm³/mol. The molecule has 7 heteroatoms. The Balaban J connectivity index is 4.47. The maximum absolute atomic E-state index is 12.3. The molecule has 0 saturated heterocycles. The summed E-state index contributed by atoms with van der Waals surface area (Å²) in [5.74, 6) is -1.85. The van der Waals surface area contributed by atoms with Crippen LogP contribution < -0.4 is 11.1 Å². The van der Waals surface area contributed by atoms with Gasteiger partial charge in [0.1, 0.15) is 0 Å². The summed E-state index contributed by atoms with van der Waals surface area (Å²) in [5, 5.41) is 2.76. The number of nitrogens with two attached hydrogens (primary N) is 1. The summed E-state index contributed by atoms with van der Waals surface area (Å²) in [5.41, 5.74) is 5.13. The summed E-state index contributed by atoms with van der Waals surface area (Å²) in [7, 11) is 0. The van der Waals surface area contributed by atoms with E-state index < -0.39 is 29.9 Å². The van der Waals surface area contributed by atoms with Gasteiger partial charge in [-0.05, 0) is 19.4 Å². The Morgan fingerprint density at radius 1 is 1.37 bits per heavy atom. The minimum Gasteiger partial charge on any atom is -0.466 e. The number of carbonyl (C=O) groups is 2. The minimum absolute atomic E-state index is 0.0532. The van der Waals surface area contributed by atoms with Gasteiger partial charge in [-0.15, -0.1) is 0 Å². The largest absolute Gasteiger partial charge is 0.466 e. The summed E-state index contributed by atoms with van der Waals surface area (Å²) < 4.78 is 29.3. The Hall–Kier alpha value is -1.50. The molecule has 0 radical (unpaired) electrons. The fourth-order valence-corrected chi connectivity index (χ4v) is 1.54. The van der Waals surface area contributed by atoms with Crippen LogP contribution in [0.15, 0.2) is 12.2 Å². The van der Waals surface area contributed by atoms with Crippen LogP contribution >= 0.6 is 0 Å². The van der Waals surface area contributed by atoms with Gasteiger partial charge in [0, 0.05) is 12.5 Å². The zero-order valence-electron chi connectivity index (χ0n) is 11.1. The number of hydrogen-bond donors (Lipinski definition) is 2. The second kappa shape index (κ2) is 9.43. The highest BCUT2D eigenvalue weighted by molar-refractivity contribution is 5.79. The quantitative estimate of drug-likeness (QED) is 0.621. The summed E-state index contributed by atoms with van der Waals surface area (Å²) in [6, 6.07) is -0.597. The van der Waals surface area contributed by atoms with Crippen molar-refractivity contribution in [3.8, 4) is 0 Å². The number of halogens is 2. The van der Waals surface area contributed by atoms with E-state index in [1.807, 2.05) is 0 Å². The van der Waals surface area contributed by atoms with Gasteiger partial charge >= 0.3 is 5.97 Å². The van der Waals surface area contributed by atoms with E-state index in [0.29, 0.717) is 12.5 Å². The molecule has 0 heterocycles. The molecule has 0 unspecified atom stereocenters. The number of carbonyl (C=O) groups excluding carboxylic acids is 2. The van der Waals surface area contributed by atoms with Crippen LogP contribution in [0.2, 0.25) is 0 Å². The van der Waals surface area contributed by atoms with Gasteiger partial charge < -0.3 is 15.8 Å². The number of esters is 1. The van der Waals surface area contributed by atoms with Gasteiger partial charge in [0.15, 0.2) is 0 Å². The summed E-state index contributed by atoms with van der Waals surface area (Å²) in [6.07, 6.45) is -0.919. The number of hydrogen-bond acceptors (Lipinski definition) is 4. The lowest BCUT2D eigenvalue weighted by molar-refractivity contribution is -0.143. The molecule has 0 aliphatic rings. The lowest BCUT2D eigenvalue weighted by atomic mass is 10.0. The zero-order chi connectivity index (χ0) is 14.8. The monoisotopic (exact) mass is 278 g/mol. The van der Waals surface area contributed by atoms with Gasteiger partial charge in [-0.2, -0.15) is 8.78 Å². The third kappa shape index (κ3) is 8.25. The highest BCUT2D eigenvalue weighted by atomic mass is 19.3. The van der Waals surface area contributed by atoms with E-state index in [-0.39, 0.29) is 19.6 Å². The second-order valence-corrected chi connectivity index (χ2v) is 4.00. The number of amides is 1. The first-order valence-corrected chi connectivity index (χ1v) is 6.11. The Kier molecular flexibility index (Phi) is 8.69. The van der Waals surface area contributed by atoms with Crippen LogP contribution in [0.5, 0.6) is 0 Å². The molecule has 0 aromatic heterocycles. The lowest BCUT2D eigenvalue weighted by Gasteiger charge is -2.17. The molecule has 0 aliphatic carbocycles. The Morgan fingerprint density at radius 2 is 2.00 bits per heavy atom. The van der Waals surface area contributed by atoms with E-state index in [9.17, 15) is 18.4 Å². The fraction of sp³-hybridized carbons (Fsp3) is 0.667. The molecule has 5 nitrogen and oxygen atoms in total. The molecule has 1 amide bonds. The van der Waals surface area contributed by atoms with E-state index in [0.717, 1.165) is 0 Å². The Labute approximate surface area is 111 Å². The van der Waals surface area contributed by atoms with Crippen LogP contribution in [-0.4, -0.2) is 31.1 Å². The Bertz CT molecular complexity index is 331. The first kappa shape index (κ1) is 17.5. The SMILES string of the molecule is CCOC(=O)C[C@H](C=C(F)F)CN[C@@H](CC)C(N)=O. The van der Waals surface area contributed by atoms with Gasteiger partial charge in [0.2, 0.25) is 5.91 Å². The van der Waals surface area contributed by atoms with Crippen LogP contribution in [0.3, 0.4) is 0 Å². The topological polar surface area (TPSA) is 81.4 Å². The molecule has 0 rings (SSSR count). The molecule has 0 aromatic carbocycles. The summed E-state index contributed by atoms with van der Waals surface area (Å²) in [4.78, 5) is 22.3. The van der Waals surface area contributed by atoms with Crippen molar-refractivity contribution in [2.45, 2.75) is 32.7 Å². The van der Waals surface area contributed by atoms with Crippen molar-refractivity contribution >= 4 is 11.9 Å². The second-order valence-electron chi connectivity index (χ2n) is 4.00. The Morgan fingerprint density at radius 3 is 2.42 bits per heavy atom. The predicted octanol–water partition coefficient (Wildman–Crippen LogP) is 1.19. The highest BCUT2D eigenvalue weighted by Crippen LogP contribution is 2.11. The molecular weight excluding hydrogens is 258 g/mol. The third-order valence-corrected chi connectivity index (χ3v) is 2.47. The van der Waals surface area contributed by atoms with Crippen molar-refractivity contribution in [3.05, 3.63) is 12.2 Å². The van der Waals surface area contributed by atoms with Crippen molar-refractivity contribution in [2.75, 3.05) is 13.2 Å². The number of ether oxygens (including phenoxy) is 1. The van der Waals surface area contributed by atoms with Crippen LogP contribution in [0.4, 0.5) is 8.78 Å². The van der Waals surface area contributed by atoms with Crippen molar-refractivity contribution in [1.82, 2.24) is 5.32 Å². The van der Waals surface area contributed by atoms with E-state index in [2.05, 4.69) is 5.32 Å². The molecule has 0 aliphatic heterocycles. The van der Waals surface area contributed by atoms with Crippen LogP contribution in [0.1, 0.15) is 26.7 Å². The van der Waals surface area contributed by atoms with Gasteiger partial charge in [0.25, 0.3) is 6.08 Å². The van der Waals surface area contributed by atoms with Crippen LogP contribution in [-0.2, 0) is 14.3 Å². The zero-order valence-corrected chi connectivity index (χ0v) is 11.1. The highest BCUT2D eigenvalue weighted by Gasteiger charge is 2.18. The smallest absolute Gasteiger partial charge is 0.306 e. The van der Waals surface area contributed by atoms with Crippen molar-refractivity contribution in [1.29, 1.82) is 0 Å². The normalized spacial score (nSPS) is 13.5. The number of nitrogens with one attached hydrogen (secondary N) is 1.